The van der Waals surface area contributed by atoms with Gasteiger partial charge in [0, 0.05) is 12.4 Å². The third kappa shape index (κ3) is 3.48. The van der Waals surface area contributed by atoms with E-state index in [2.05, 4.69) is 15.4 Å². The molecule has 2 aromatic heterocycles. The van der Waals surface area contributed by atoms with Crippen LogP contribution < -0.4 is 10.1 Å². The first-order chi connectivity index (χ1) is 12.5. The third-order valence-electron chi connectivity index (χ3n) is 3.87. The van der Waals surface area contributed by atoms with Crippen LogP contribution >= 0.6 is 11.8 Å². The SMILES string of the molecule is COc1cccc2c(C)cc(SCC(=O)Nc3c(C#N)cnn3C)nc12. The second kappa shape index (κ2) is 7.45. The molecule has 1 aromatic carbocycles. The molecular weight excluding hydrogens is 350 g/mol. The number of thioether (sulfide) groups is 1. The van der Waals surface area contributed by atoms with Crippen LogP contribution in [0.4, 0.5) is 5.82 Å². The lowest BCUT2D eigenvalue weighted by molar-refractivity contribution is -0.113. The van der Waals surface area contributed by atoms with Crippen LogP contribution in [-0.2, 0) is 11.8 Å². The Bertz CT molecular complexity index is 1020. The number of fused-ring (bicyclic) bond motifs is 1. The second-order valence-electron chi connectivity index (χ2n) is 5.61. The number of benzene rings is 1. The topological polar surface area (TPSA) is 92.8 Å². The number of rotatable bonds is 5. The zero-order chi connectivity index (χ0) is 18.7. The Kier molecular flexibility index (Phi) is 5.09. The molecule has 0 spiro atoms. The van der Waals surface area contributed by atoms with Crippen molar-refractivity contribution in [2.24, 2.45) is 7.05 Å². The number of hydrogen-bond donors (Lipinski definition) is 1. The maximum absolute atomic E-state index is 12.2. The lowest BCUT2D eigenvalue weighted by Gasteiger charge is -2.10. The highest BCUT2D eigenvalue weighted by Crippen LogP contribution is 2.29. The first-order valence-electron chi connectivity index (χ1n) is 7.82. The number of carbonyl (C=O) groups is 1. The summed E-state index contributed by atoms with van der Waals surface area (Å²) in [6, 6.07) is 9.74. The van der Waals surface area contributed by atoms with Crippen molar-refractivity contribution in [1.29, 1.82) is 5.26 Å². The molecule has 0 fully saturated rings. The Morgan fingerprint density at radius 1 is 1.46 bits per heavy atom. The van der Waals surface area contributed by atoms with Crippen LogP contribution in [0, 0.1) is 18.3 Å². The van der Waals surface area contributed by atoms with Gasteiger partial charge in [0.1, 0.15) is 28.7 Å². The molecule has 3 aromatic rings. The fourth-order valence-corrected chi connectivity index (χ4v) is 3.34. The summed E-state index contributed by atoms with van der Waals surface area (Å²) in [5, 5.41) is 17.5. The highest BCUT2D eigenvalue weighted by molar-refractivity contribution is 7.99. The predicted octanol–water partition coefficient (Wildman–Crippen LogP) is 2.89. The first-order valence-corrected chi connectivity index (χ1v) is 8.81. The molecule has 7 nitrogen and oxygen atoms in total. The van der Waals surface area contributed by atoms with E-state index in [1.165, 1.54) is 22.6 Å². The van der Waals surface area contributed by atoms with Crippen molar-refractivity contribution in [2.75, 3.05) is 18.2 Å². The smallest absolute Gasteiger partial charge is 0.235 e. The van der Waals surface area contributed by atoms with Gasteiger partial charge in [0.05, 0.1) is 24.1 Å². The summed E-state index contributed by atoms with van der Waals surface area (Å²) in [7, 11) is 3.28. The number of nitrogens with one attached hydrogen (secondary N) is 1. The molecule has 3 rings (SSSR count). The molecule has 0 saturated heterocycles. The van der Waals surface area contributed by atoms with Crippen molar-refractivity contribution in [3.63, 3.8) is 0 Å². The third-order valence-corrected chi connectivity index (χ3v) is 4.79. The Morgan fingerprint density at radius 2 is 2.27 bits per heavy atom. The summed E-state index contributed by atoms with van der Waals surface area (Å²) in [6.45, 7) is 2.00. The summed E-state index contributed by atoms with van der Waals surface area (Å²) < 4.78 is 6.84. The van der Waals surface area contributed by atoms with Crippen LogP contribution in [-0.4, -0.2) is 33.5 Å². The minimum atomic E-state index is -0.227. The second-order valence-corrected chi connectivity index (χ2v) is 6.61. The predicted molar refractivity (Wildman–Crippen MR) is 100 cm³/mol. The van der Waals surface area contributed by atoms with Gasteiger partial charge in [-0.2, -0.15) is 10.4 Å². The number of para-hydroxylation sites is 1. The van der Waals surface area contributed by atoms with Gasteiger partial charge < -0.3 is 10.1 Å². The summed E-state index contributed by atoms with van der Waals surface area (Å²) in [6.07, 6.45) is 1.42. The van der Waals surface area contributed by atoms with E-state index >= 15 is 0 Å². The average Bonchev–Trinajstić information content (AvgIpc) is 2.99. The van der Waals surface area contributed by atoms with Crippen molar-refractivity contribution in [2.45, 2.75) is 11.9 Å². The molecule has 0 atom stereocenters. The summed E-state index contributed by atoms with van der Waals surface area (Å²) in [4.78, 5) is 16.9. The number of carbonyl (C=O) groups excluding carboxylic acids is 1. The Morgan fingerprint density at radius 3 is 3.00 bits per heavy atom. The number of hydrogen-bond acceptors (Lipinski definition) is 6. The zero-order valence-corrected chi connectivity index (χ0v) is 15.4. The fraction of sp³-hybridized carbons (Fsp3) is 0.222. The lowest BCUT2D eigenvalue weighted by Crippen LogP contribution is -2.17. The van der Waals surface area contributed by atoms with Crippen molar-refractivity contribution in [1.82, 2.24) is 14.8 Å². The van der Waals surface area contributed by atoms with Gasteiger partial charge in [0.2, 0.25) is 5.91 Å². The van der Waals surface area contributed by atoms with Crippen LogP contribution in [0.1, 0.15) is 11.1 Å². The van der Waals surface area contributed by atoms with E-state index in [0.29, 0.717) is 17.1 Å². The molecular formula is C18H17N5O2S. The molecule has 0 aliphatic carbocycles. The van der Waals surface area contributed by atoms with Crippen LogP contribution in [0.5, 0.6) is 5.75 Å². The van der Waals surface area contributed by atoms with Crippen LogP contribution in [0.15, 0.2) is 35.5 Å². The van der Waals surface area contributed by atoms with Crippen molar-refractivity contribution < 1.29 is 9.53 Å². The lowest BCUT2D eigenvalue weighted by atomic mass is 10.1. The van der Waals surface area contributed by atoms with E-state index in [4.69, 9.17) is 10.00 Å². The summed E-state index contributed by atoms with van der Waals surface area (Å²) in [5.41, 5.74) is 2.17. The Labute approximate surface area is 155 Å². The molecule has 0 aliphatic heterocycles. The molecule has 0 aliphatic rings. The monoisotopic (exact) mass is 367 g/mol. The normalized spacial score (nSPS) is 10.5. The number of ether oxygens (including phenoxy) is 1. The van der Waals surface area contributed by atoms with Gasteiger partial charge in [-0.05, 0) is 24.6 Å². The molecule has 0 unspecified atom stereocenters. The number of anilines is 1. The van der Waals surface area contributed by atoms with Gasteiger partial charge in [0.25, 0.3) is 0 Å². The average molecular weight is 367 g/mol. The van der Waals surface area contributed by atoms with Gasteiger partial charge in [-0.15, -0.1) is 0 Å². The van der Waals surface area contributed by atoms with E-state index in [0.717, 1.165) is 21.5 Å². The van der Waals surface area contributed by atoms with Gasteiger partial charge >= 0.3 is 0 Å². The number of aromatic nitrogens is 3. The highest BCUT2D eigenvalue weighted by Gasteiger charge is 2.13. The quantitative estimate of drug-likeness (QED) is 0.697. The zero-order valence-electron chi connectivity index (χ0n) is 14.6. The van der Waals surface area contributed by atoms with E-state index in [1.54, 1.807) is 14.2 Å². The van der Waals surface area contributed by atoms with Crippen LogP contribution in [0.25, 0.3) is 10.9 Å². The molecule has 132 valence electrons. The van der Waals surface area contributed by atoms with Crippen molar-refractivity contribution in [3.8, 4) is 11.8 Å². The molecule has 1 N–H and O–H groups in total. The number of amides is 1. The molecule has 26 heavy (non-hydrogen) atoms. The summed E-state index contributed by atoms with van der Waals surface area (Å²) in [5.74, 6) is 1.03. The molecule has 8 heteroatoms. The molecule has 0 radical (unpaired) electrons. The number of nitrogens with zero attached hydrogens (tertiary/aromatic N) is 4. The van der Waals surface area contributed by atoms with Crippen LogP contribution in [0.2, 0.25) is 0 Å². The maximum Gasteiger partial charge on any atom is 0.235 e. The van der Waals surface area contributed by atoms with Gasteiger partial charge in [-0.3, -0.25) is 9.48 Å². The van der Waals surface area contributed by atoms with E-state index in [-0.39, 0.29) is 11.7 Å². The molecule has 0 saturated carbocycles. The van der Waals surface area contributed by atoms with Crippen molar-refractivity contribution in [3.05, 3.63) is 41.6 Å². The Balaban J connectivity index is 1.76. The number of pyridine rings is 1. The van der Waals surface area contributed by atoms with E-state index in [1.807, 2.05) is 37.3 Å². The summed E-state index contributed by atoms with van der Waals surface area (Å²) >= 11 is 1.33. The largest absolute Gasteiger partial charge is 0.494 e. The molecule has 0 bridgehead atoms. The van der Waals surface area contributed by atoms with Gasteiger partial charge in [0.15, 0.2) is 0 Å². The first kappa shape index (κ1) is 17.8. The minimum Gasteiger partial charge on any atom is -0.494 e. The fourth-order valence-electron chi connectivity index (χ4n) is 2.58. The van der Waals surface area contributed by atoms with Crippen molar-refractivity contribution >= 4 is 34.4 Å². The standard InChI is InChI=1S/C18H17N5O2S/c1-11-7-16(22-17-13(11)5-4-6-14(17)25-3)26-10-15(24)21-18-12(8-19)9-20-23(18)2/h4-7,9H,10H2,1-3H3,(H,21,24). The molecule has 1 amide bonds. The minimum absolute atomic E-state index is 0.170. The van der Waals surface area contributed by atoms with Gasteiger partial charge in [-0.1, -0.05) is 23.9 Å². The Hall–Kier alpha value is -3.05. The number of nitriles is 1. The maximum atomic E-state index is 12.2. The number of methoxy groups -OCH3 is 1. The number of aryl methyl sites for hydroxylation is 2. The van der Waals surface area contributed by atoms with E-state index < -0.39 is 0 Å². The van der Waals surface area contributed by atoms with E-state index in [9.17, 15) is 4.79 Å². The van der Waals surface area contributed by atoms with Gasteiger partial charge in [-0.25, -0.2) is 4.98 Å². The van der Waals surface area contributed by atoms with Crippen LogP contribution in [0.3, 0.4) is 0 Å². The highest BCUT2D eigenvalue weighted by atomic mass is 32.2. The molecule has 2 heterocycles.